The van der Waals surface area contributed by atoms with Gasteiger partial charge >= 0.3 is 0 Å². The molecule has 1 fully saturated rings. The highest BCUT2D eigenvalue weighted by Gasteiger charge is 2.27. The minimum atomic E-state index is -0.346. The van der Waals surface area contributed by atoms with Crippen molar-refractivity contribution < 1.29 is 14.6 Å². The second kappa shape index (κ2) is 4.01. The van der Waals surface area contributed by atoms with E-state index in [4.69, 9.17) is 20.3 Å². The van der Waals surface area contributed by atoms with Gasteiger partial charge in [-0.15, -0.1) is 0 Å². The third-order valence-electron chi connectivity index (χ3n) is 1.93. The van der Waals surface area contributed by atoms with Crippen LogP contribution in [0.4, 0.5) is 0 Å². The van der Waals surface area contributed by atoms with Gasteiger partial charge in [-0.25, -0.2) is 0 Å². The number of methoxy groups -OCH3 is 1. The topological polar surface area (TPSA) is 64.7 Å². The van der Waals surface area contributed by atoms with Crippen molar-refractivity contribution >= 4 is 0 Å². The second-order valence-corrected chi connectivity index (χ2v) is 2.79. The molecule has 11 heavy (non-hydrogen) atoms. The Morgan fingerprint density at radius 2 is 2.36 bits per heavy atom. The standard InChI is InChI=1S/C7H15NO3/c1-10-7-6(8)3-2-5(4-9)11-7/h5-7,9H,2-4,8H2,1H3. The van der Waals surface area contributed by atoms with Crippen molar-refractivity contribution in [2.45, 2.75) is 31.3 Å². The fraction of sp³-hybridized carbons (Fsp3) is 1.00. The summed E-state index contributed by atoms with van der Waals surface area (Å²) in [5.74, 6) is 0. The average molecular weight is 161 g/mol. The normalized spacial score (nSPS) is 39.0. The zero-order chi connectivity index (χ0) is 8.27. The van der Waals surface area contributed by atoms with Crippen LogP contribution in [0.3, 0.4) is 0 Å². The first-order valence-electron chi connectivity index (χ1n) is 3.82. The highest BCUT2D eigenvalue weighted by Crippen LogP contribution is 2.17. The summed E-state index contributed by atoms with van der Waals surface area (Å²) < 4.78 is 10.3. The molecule has 0 radical (unpaired) electrons. The summed E-state index contributed by atoms with van der Waals surface area (Å²) in [6.07, 6.45) is 1.22. The van der Waals surface area contributed by atoms with E-state index in [1.54, 1.807) is 7.11 Å². The van der Waals surface area contributed by atoms with E-state index >= 15 is 0 Å². The molecule has 1 aliphatic heterocycles. The fourth-order valence-corrected chi connectivity index (χ4v) is 1.24. The van der Waals surface area contributed by atoms with Crippen LogP contribution in [-0.2, 0) is 9.47 Å². The van der Waals surface area contributed by atoms with Crippen LogP contribution in [0, 0.1) is 0 Å². The van der Waals surface area contributed by atoms with Crippen LogP contribution < -0.4 is 5.73 Å². The summed E-state index contributed by atoms with van der Waals surface area (Å²) in [5, 5.41) is 8.77. The Bertz CT molecular complexity index is 120. The van der Waals surface area contributed by atoms with Crippen molar-refractivity contribution in [2.75, 3.05) is 13.7 Å². The Balaban J connectivity index is 2.37. The monoisotopic (exact) mass is 161 g/mol. The van der Waals surface area contributed by atoms with Crippen LogP contribution in [0.5, 0.6) is 0 Å². The van der Waals surface area contributed by atoms with Gasteiger partial charge < -0.3 is 20.3 Å². The first-order valence-corrected chi connectivity index (χ1v) is 3.82. The number of hydrogen-bond donors (Lipinski definition) is 2. The molecule has 0 aromatic carbocycles. The first-order chi connectivity index (χ1) is 5.27. The summed E-state index contributed by atoms with van der Waals surface area (Å²) in [5.41, 5.74) is 5.67. The van der Waals surface area contributed by atoms with Crippen molar-refractivity contribution in [2.24, 2.45) is 5.73 Å². The lowest BCUT2D eigenvalue weighted by Gasteiger charge is -2.32. The fourth-order valence-electron chi connectivity index (χ4n) is 1.24. The summed E-state index contributed by atoms with van der Waals surface area (Å²) in [6.45, 7) is 0.0482. The SMILES string of the molecule is COC1OC(CO)CCC1N. The maximum absolute atomic E-state index is 8.77. The van der Waals surface area contributed by atoms with Crippen molar-refractivity contribution in [1.82, 2.24) is 0 Å². The van der Waals surface area contributed by atoms with Gasteiger partial charge in [0.05, 0.1) is 18.8 Å². The molecule has 3 N–H and O–H groups in total. The predicted octanol–water partition coefficient (Wildman–Crippen LogP) is -0.542. The number of rotatable bonds is 2. The molecule has 4 heteroatoms. The molecular weight excluding hydrogens is 146 g/mol. The van der Waals surface area contributed by atoms with E-state index in [9.17, 15) is 0 Å². The molecular formula is C7H15NO3. The first kappa shape index (κ1) is 8.93. The molecule has 66 valence electrons. The number of hydrogen-bond acceptors (Lipinski definition) is 4. The van der Waals surface area contributed by atoms with Crippen LogP contribution in [0.2, 0.25) is 0 Å². The maximum Gasteiger partial charge on any atom is 0.172 e. The lowest BCUT2D eigenvalue weighted by Crippen LogP contribution is -2.46. The van der Waals surface area contributed by atoms with Crippen LogP contribution in [0.25, 0.3) is 0 Å². The largest absolute Gasteiger partial charge is 0.394 e. The summed E-state index contributed by atoms with van der Waals surface area (Å²) in [4.78, 5) is 0. The van der Waals surface area contributed by atoms with Gasteiger partial charge in [-0.1, -0.05) is 0 Å². The van der Waals surface area contributed by atoms with Gasteiger partial charge in [0.2, 0.25) is 0 Å². The molecule has 3 unspecified atom stereocenters. The third-order valence-corrected chi connectivity index (χ3v) is 1.93. The predicted molar refractivity (Wildman–Crippen MR) is 40.0 cm³/mol. The minimum absolute atomic E-state index is 0.0482. The molecule has 1 heterocycles. The quantitative estimate of drug-likeness (QED) is 0.570. The van der Waals surface area contributed by atoms with E-state index in [2.05, 4.69) is 0 Å². The lowest BCUT2D eigenvalue weighted by atomic mass is 10.1. The van der Waals surface area contributed by atoms with Crippen molar-refractivity contribution in [1.29, 1.82) is 0 Å². The lowest BCUT2D eigenvalue weighted by molar-refractivity contribution is -0.196. The molecule has 4 nitrogen and oxygen atoms in total. The highest BCUT2D eigenvalue weighted by molar-refractivity contribution is 4.75. The highest BCUT2D eigenvalue weighted by atomic mass is 16.7. The Morgan fingerprint density at radius 1 is 1.64 bits per heavy atom. The van der Waals surface area contributed by atoms with Gasteiger partial charge in [-0.3, -0.25) is 0 Å². The van der Waals surface area contributed by atoms with Gasteiger partial charge in [0.1, 0.15) is 0 Å². The van der Waals surface area contributed by atoms with E-state index in [1.807, 2.05) is 0 Å². The smallest absolute Gasteiger partial charge is 0.172 e. The number of nitrogens with two attached hydrogens (primary N) is 1. The number of aliphatic hydroxyl groups is 1. The van der Waals surface area contributed by atoms with Gasteiger partial charge in [0.15, 0.2) is 6.29 Å². The summed E-state index contributed by atoms with van der Waals surface area (Å²) >= 11 is 0. The van der Waals surface area contributed by atoms with Crippen molar-refractivity contribution in [3.8, 4) is 0 Å². The zero-order valence-corrected chi connectivity index (χ0v) is 6.69. The maximum atomic E-state index is 8.77. The van der Waals surface area contributed by atoms with Crippen LogP contribution >= 0.6 is 0 Å². The molecule has 0 bridgehead atoms. The number of ether oxygens (including phenoxy) is 2. The molecule has 0 aromatic rings. The minimum Gasteiger partial charge on any atom is -0.394 e. The molecule has 0 aromatic heterocycles. The molecule has 3 atom stereocenters. The van der Waals surface area contributed by atoms with Crippen molar-refractivity contribution in [3.63, 3.8) is 0 Å². The van der Waals surface area contributed by atoms with Crippen LogP contribution in [0.15, 0.2) is 0 Å². The van der Waals surface area contributed by atoms with E-state index in [0.717, 1.165) is 12.8 Å². The molecule has 1 rings (SSSR count). The molecule has 0 spiro atoms. The van der Waals surface area contributed by atoms with Gasteiger partial charge in [-0.2, -0.15) is 0 Å². The Morgan fingerprint density at radius 3 is 2.91 bits per heavy atom. The summed E-state index contributed by atoms with van der Waals surface area (Å²) in [6, 6.07) is -0.0530. The Hall–Kier alpha value is -0.160. The van der Waals surface area contributed by atoms with Gasteiger partial charge in [0.25, 0.3) is 0 Å². The average Bonchev–Trinajstić information content (AvgIpc) is 2.05. The molecule has 0 amide bonds. The van der Waals surface area contributed by atoms with Crippen molar-refractivity contribution in [3.05, 3.63) is 0 Å². The summed E-state index contributed by atoms with van der Waals surface area (Å²) in [7, 11) is 1.56. The Labute approximate surface area is 66.3 Å². The van der Waals surface area contributed by atoms with Gasteiger partial charge in [-0.05, 0) is 12.8 Å². The molecule has 0 aliphatic carbocycles. The number of aliphatic hydroxyl groups excluding tert-OH is 1. The van der Waals surface area contributed by atoms with E-state index in [0.29, 0.717) is 0 Å². The third kappa shape index (κ3) is 2.13. The van der Waals surface area contributed by atoms with Crippen LogP contribution in [0.1, 0.15) is 12.8 Å². The van der Waals surface area contributed by atoms with Crippen LogP contribution in [-0.4, -0.2) is 37.3 Å². The van der Waals surface area contributed by atoms with E-state index in [-0.39, 0.29) is 25.0 Å². The molecule has 1 saturated heterocycles. The van der Waals surface area contributed by atoms with Gasteiger partial charge in [0, 0.05) is 7.11 Å². The van der Waals surface area contributed by atoms with E-state index in [1.165, 1.54) is 0 Å². The zero-order valence-electron chi connectivity index (χ0n) is 6.69. The Kier molecular flexibility index (Phi) is 3.26. The second-order valence-electron chi connectivity index (χ2n) is 2.79. The molecule has 1 aliphatic rings. The molecule has 0 saturated carbocycles. The van der Waals surface area contributed by atoms with E-state index < -0.39 is 0 Å².